The van der Waals surface area contributed by atoms with E-state index < -0.39 is 0 Å². The van der Waals surface area contributed by atoms with Crippen LogP contribution in [0.1, 0.15) is 33.3 Å². The smallest absolute Gasteiger partial charge is 0.259 e. The van der Waals surface area contributed by atoms with E-state index in [-0.39, 0.29) is 11.8 Å². The van der Waals surface area contributed by atoms with Gasteiger partial charge in [-0.15, -0.1) is 0 Å². The van der Waals surface area contributed by atoms with Crippen LogP contribution < -0.4 is 10.6 Å². The Labute approximate surface area is 165 Å². The molecule has 7 heteroatoms. The van der Waals surface area contributed by atoms with Crippen molar-refractivity contribution in [3.63, 3.8) is 0 Å². The largest absolute Gasteiger partial charge is 0.352 e. The molecule has 2 aromatic carbocycles. The molecule has 0 saturated heterocycles. The molecule has 0 unspecified atom stereocenters. The molecule has 0 atom stereocenters. The van der Waals surface area contributed by atoms with Crippen molar-refractivity contribution >= 4 is 33.4 Å². The number of amides is 2. The quantitative estimate of drug-likeness (QED) is 0.648. The van der Waals surface area contributed by atoms with Crippen LogP contribution in [-0.4, -0.2) is 28.1 Å². The first-order chi connectivity index (χ1) is 13.0. The lowest BCUT2D eigenvalue weighted by Gasteiger charge is -2.08. The maximum absolute atomic E-state index is 12.6. The fourth-order valence-electron chi connectivity index (χ4n) is 2.64. The van der Waals surface area contributed by atoms with Gasteiger partial charge in [0.05, 0.1) is 23.1 Å². The Balaban J connectivity index is 1.75. The van der Waals surface area contributed by atoms with Crippen molar-refractivity contribution in [3.8, 4) is 5.69 Å². The topological polar surface area (TPSA) is 76.0 Å². The molecular formula is C20H19BrN4O2. The van der Waals surface area contributed by atoms with E-state index in [1.807, 2.05) is 38.1 Å². The third-order valence-electron chi connectivity index (χ3n) is 4.07. The van der Waals surface area contributed by atoms with E-state index in [1.165, 1.54) is 0 Å². The summed E-state index contributed by atoms with van der Waals surface area (Å²) in [6.45, 7) is 4.28. The lowest BCUT2D eigenvalue weighted by molar-refractivity contribution is 0.0955. The minimum Gasteiger partial charge on any atom is -0.352 e. The number of nitrogens with zero attached hydrogens (tertiary/aromatic N) is 2. The second-order valence-electron chi connectivity index (χ2n) is 5.92. The fourth-order valence-corrected chi connectivity index (χ4v) is 2.91. The van der Waals surface area contributed by atoms with Gasteiger partial charge in [0.15, 0.2) is 0 Å². The summed E-state index contributed by atoms with van der Waals surface area (Å²) < 4.78 is 2.70. The average Bonchev–Trinajstić information content (AvgIpc) is 3.05. The second-order valence-corrected chi connectivity index (χ2v) is 6.84. The van der Waals surface area contributed by atoms with Crippen LogP contribution in [0.5, 0.6) is 0 Å². The van der Waals surface area contributed by atoms with Gasteiger partial charge in [-0.1, -0.05) is 15.9 Å². The molecular weight excluding hydrogens is 408 g/mol. The summed E-state index contributed by atoms with van der Waals surface area (Å²) in [6.07, 6.45) is 1.55. The lowest BCUT2D eigenvalue weighted by atomic mass is 10.2. The summed E-state index contributed by atoms with van der Waals surface area (Å²) in [5.41, 5.74) is 3.28. The second kappa shape index (κ2) is 8.18. The van der Waals surface area contributed by atoms with Gasteiger partial charge in [-0.05, 0) is 62.4 Å². The number of halogens is 1. The number of benzene rings is 2. The molecule has 138 valence electrons. The van der Waals surface area contributed by atoms with E-state index >= 15 is 0 Å². The molecule has 3 aromatic rings. The molecule has 0 spiro atoms. The van der Waals surface area contributed by atoms with E-state index in [0.29, 0.717) is 23.4 Å². The molecule has 1 heterocycles. The SMILES string of the molecule is CCNC(=O)c1ccc(NC(=O)c2cnn(-c3ccc(Br)cc3)c2C)cc1. The van der Waals surface area contributed by atoms with Crippen molar-refractivity contribution in [2.45, 2.75) is 13.8 Å². The molecule has 0 aliphatic carbocycles. The fraction of sp³-hybridized carbons (Fsp3) is 0.150. The number of anilines is 1. The number of carbonyl (C=O) groups excluding carboxylic acids is 2. The maximum atomic E-state index is 12.6. The summed E-state index contributed by atoms with van der Waals surface area (Å²) in [4.78, 5) is 24.4. The van der Waals surface area contributed by atoms with Crippen LogP contribution in [-0.2, 0) is 0 Å². The number of aromatic nitrogens is 2. The number of hydrogen-bond donors (Lipinski definition) is 2. The maximum Gasteiger partial charge on any atom is 0.259 e. The molecule has 1 aromatic heterocycles. The van der Waals surface area contributed by atoms with Crippen LogP contribution in [0.2, 0.25) is 0 Å². The highest BCUT2D eigenvalue weighted by atomic mass is 79.9. The molecule has 0 fully saturated rings. The molecule has 0 saturated carbocycles. The van der Waals surface area contributed by atoms with Crippen LogP contribution in [0.15, 0.2) is 59.2 Å². The Hall–Kier alpha value is -2.93. The third kappa shape index (κ3) is 4.25. The minimum absolute atomic E-state index is 0.137. The van der Waals surface area contributed by atoms with Gasteiger partial charge in [0, 0.05) is 22.3 Å². The molecule has 0 aliphatic rings. The van der Waals surface area contributed by atoms with Gasteiger partial charge >= 0.3 is 0 Å². The van der Waals surface area contributed by atoms with Gasteiger partial charge in [-0.3, -0.25) is 9.59 Å². The van der Waals surface area contributed by atoms with E-state index in [4.69, 9.17) is 0 Å². The van der Waals surface area contributed by atoms with Gasteiger partial charge in [-0.25, -0.2) is 4.68 Å². The summed E-state index contributed by atoms with van der Waals surface area (Å²) in [7, 11) is 0. The van der Waals surface area contributed by atoms with Crippen molar-refractivity contribution in [1.29, 1.82) is 0 Å². The van der Waals surface area contributed by atoms with E-state index in [2.05, 4.69) is 31.7 Å². The van der Waals surface area contributed by atoms with Crippen molar-refractivity contribution < 1.29 is 9.59 Å². The van der Waals surface area contributed by atoms with E-state index in [0.717, 1.165) is 15.9 Å². The van der Waals surface area contributed by atoms with Crippen LogP contribution in [0, 0.1) is 6.92 Å². The van der Waals surface area contributed by atoms with E-state index in [1.54, 1.807) is 35.1 Å². The minimum atomic E-state index is -0.248. The van der Waals surface area contributed by atoms with Crippen molar-refractivity contribution in [3.05, 3.63) is 76.0 Å². The highest BCUT2D eigenvalue weighted by Crippen LogP contribution is 2.18. The summed E-state index contributed by atoms with van der Waals surface area (Å²) in [5, 5.41) is 9.90. The molecule has 27 heavy (non-hydrogen) atoms. The van der Waals surface area contributed by atoms with Gasteiger partial charge in [0.25, 0.3) is 11.8 Å². The zero-order valence-electron chi connectivity index (χ0n) is 15.0. The number of nitrogens with one attached hydrogen (secondary N) is 2. The number of carbonyl (C=O) groups is 2. The Morgan fingerprint density at radius 3 is 2.33 bits per heavy atom. The Morgan fingerprint density at radius 2 is 1.70 bits per heavy atom. The molecule has 0 aliphatic heterocycles. The lowest BCUT2D eigenvalue weighted by Crippen LogP contribution is -2.22. The van der Waals surface area contributed by atoms with Crippen LogP contribution in [0.3, 0.4) is 0 Å². The first kappa shape index (κ1) is 18.8. The summed E-state index contributed by atoms with van der Waals surface area (Å²) in [5.74, 6) is -0.386. The van der Waals surface area contributed by atoms with E-state index in [9.17, 15) is 9.59 Å². The Bertz CT molecular complexity index is 963. The van der Waals surface area contributed by atoms with Gasteiger partial charge < -0.3 is 10.6 Å². The summed E-state index contributed by atoms with van der Waals surface area (Å²) >= 11 is 3.41. The average molecular weight is 427 g/mol. The zero-order chi connectivity index (χ0) is 19.4. The number of hydrogen-bond acceptors (Lipinski definition) is 3. The highest BCUT2D eigenvalue weighted by Gasteiger charge is 2.15. The van der Waals surface area contributed by atoms with Crippen LogP contribution >= 0.6 is 15.9 Å². The molecule has 2 amide bonds. The highest BCUT2D eigenvalue weighted by molar-refractivity contribution is 9.10. The standard InChI is InChI=1S/C20H19BrN4O2/c1-3-22-19(26)14-4-8-16(9-5-14)24-20(27)18-12-23-25(13(18)2)17-10-6-15(21)7-11-17/h4-12H,3H2,1-2H3,(H,22,26)(H,24,27). The Morgan fingerprint density at radius 1 is 1.04 bits per heavy atom. The monoisotopic (exact) mass is 426 g/mol. The third-order valence-corrected chi connectivity index (χ3v) is 4.60. The molecule has 2 N–H and O–H groups in total. The first-order valence-electron chi connectivity index (χ1n) is 8.49. The molecule has 3 rings (SSSR count). The normalized spacial score (nSPS) is 10.5. The molecule has 6 nitrogen and oxygen atoms in total. The predicted molar refractivity (Wildman–Crippen MR) is 108 cm³/mol. The predicted octanol–water partition coefficient (Wildman–Crippen LogP) is 3.95. The first-order valence-corrected chi connectivity index (χ1v) is 9.29. The van der Waals surface area contributed by atoms with Gasteiger partial charge in [-0.2, -0.15) is 5.10 Å². The number of rotatable bonds is 5. The summed E-state index contributed by atoms with van der Waals surface area (Å²) in [6, 6.07) is 14.5. The van der Waals surface area contributed by atoms with Crippen molar-refractivity contribution in [2.75, 3.05) is 11.9 Å². The van der Waals surface area contributed by atoms with Crippen molar-refractivity contribution in [1.82, 2.24) is 15.1 Å². The van der Waals surface area contributed by atoms with Crippen LogP contribution in [0.25, 0.3) is 5.69 Å². The van der Waals surface area contributed by atoms with Gasteiger partial charge in [0.2, 0.25) is 0 Å². The zero-order valence-corrected chi connectivity index (χ0v) is 16.6. The van der Waals surface area contributed by atoms with Crippen LogP contribution in [0.4, 0.5) is 5.69 Å². The molecule has 0 radical (unpaired) electrons. The van der Waals surface area contributed by atoms with Crippen molar-refractivity contribution in [2.24, 2.45) is 0 Å². The van der Waals surface area contributed by atoms with Gasteiger partial charge in [0.1, 0.15) is 0 Å². The molecule has 0 bridgehead atoms. The Kier molecular flexibility index (Phi) is 5.71.